The molecule has 2 saturated carbocycles. The molecular formula is C19H27FN4O6S. The zero-order valence-corrected chi connectivity index (χ0v) is 18.2. The summed E-state index contributed by atoms with van der Waals surface area (Å²) in [6.45, 7) is 1.67. The summed E-state index contributed by atoms with van der Waals surface area (Å²) < 4.78 is 43.1. The minimum atomic E-state index is -3.91. The summed E-state index contributed by atoms with van der Waals surface area (Å²) in [5, 5.41) is 19.8. The van der Waals surface area contributed by atoms with E-state index in [0.717, 1.165) is 30.4 Å². The van der Waals surface area contributed by atoms with Gasteiger partial charge in [0.1, 0.15) is 5.82 Å². The van der Waals surface area contributed by atoms with Crippen molar-refractivity contribution < 1.29 is 32.7 Å². The van der Waals surface area contributed by atoms with E-state index in [1.165, 1.54) is 12.4 Å². The highest BCUT2D eigenvalue weighted by molar-refractivity contribution is 7.88. The molecule has 1 amide bonds. The zero-order valence-electron chi connectivity index (χ0n) is 17.4. The van der Waals surface area contributed by atoms with Crippen molar-refractivity contribution in [3.8, 4) is 0 Å². The molecule has 0 aromatic carbocycles. The van der Waals surface area contributed by atoms with Crippen LogP contribution in [-0.2, 0) is 20.2 Å². The number of aromatic nitrogens is 2. The number of hydrogen-bond donors (Lipinski definition) is 2. The standard InChI is InChI=1S/C19H27FN4O6S/c1-11-5-15(24(27)31(2,28)29)16(23(11)18(25)26)10-30-14-3-4-19(7-12(19)6-14)17-21-8-13(20)9-22-17/h8-9,11-12,14-16,27H,3-7,10H2,1-2H3,(H,25,26)/t11-,12-,14+,15+,16+,19-/m1/s1. The van der Waals surface area contributed by atoms with Crippen LogP contribution in [0.5, 0.6) is 0 Å². The van der Waals surface area contributed by atoms with Crippen molar-refractivity contribution in [1.82, 2.24) is 19.3 Å². The monoisotopic (exact) mass is 458 g/mol. The summed E-state index contributed by atoms with van der Waals surface area (Å²) in [5.74, 6) is 0.504. The van der Waals surface area contributed by atoms with E-state index >= 15 is 0 Å². The van der Waals surface area contributed by atoms with E-state index in [1.807, 2.05) is 0 Å². The summed E-state index contributed by atoms with van der Waals surface area (Å²) in [6.07, 6.45) is 5.29. The molecule has 3 fully saturated rings. The number of fused-ring (bicyclic) bond motifs is 1. The molecule has 2 heterocycles. The van der Waals surface area contributed by atoms with E-state index in [-0.39, 0.29) is 29.0 Å². The maximum atomic E-state index is 13.1. The quantitative estimate of drug-likeness (QED) is 0.614. The molecule has 3 aliphatic rings. The Bertz CT molecular complexity index is 947. The Morgan fingerprint density at radius 2 is 2.06 bits per heavy atom. The first-order valence-corrected chi connectivity index (χ1v) is 12.2. The maximum absolute atomic E-state index is 13.1. The average Bonchev–Trinajstić information content (AvgIpc) is 3.33. The zero-order chi connectivity index (χ0) is 22.6. The fraction of sp³-hybridized carbons (Fsp3) is 0.737. The van der Waals surface area contributed by atoms with Crippen molar-refractivity contribution in [2.45, 2.75) is 68.7 Å². The third-order valence-electron chi connectivity index (χ3n) is 6.96. The molecular weight excluding hydrogens is 431 g/mol. The van der Waals surface area contributed by atoms with Crippen LogP contribution < -0.4 is 0 Å². The van der Waals surface area contributed by atoms with Crippen LogP contribution in [0, 0.1) is 11.7 Å². The van der Waals surface area contributed by atoms with Gasteiger partial charge in [-0.1, -0.05) is 4.47 Å². The molecule has 31 heavy (non-hydrogen) atoms. The van der Waals surface area contributed by atoms with Crippen molar-refractivity contribution in [1.29, 1.82) is 0 Å². The number of rotatable bonds is 6. The molecule has 0 spiro atoms. The maximum Gasteiger partial charge on any atom is 0.407 e. The number of carbonyl (C=O) groups is 1. The molecule has 10 nitrogen and oxygen atoms in total. The number of amides is 1. The van der Waals surface area contributed by atoms with Crippen LogP contribution in [0.1, 0.15) is 44.9 Å². The number of ether oxygens (including phenoxy) is 1. The fourth-order valence-electron chi connectivity index (χ4n) is 5.33. The van der Waals surface area contributed by atoms with E-state index in [0.29, 0.717) is 18.2 Å². The molecule has 0 bridgehead atoms. The highest BCUT2D eigenvalue weighted by atomic mass is 32.2. The molecule has 1 aromatic rings. The largest absolute Gasteiger partial charge is 0.465 e. The third-order valence-corrected chi connectivity index (χ3v) is 7.91. The van der Waals surface area contributed by atoms with Crippen molar-refractivity contribution in [2.24, 2.45) is 5.92 Å². The van der Waals surface area contributed by atoms with Crippen molar-refractivity contribution >= 4 is 16.1 Å². The number of sulfonamides is 1. The normalized spacial score (nSPS) is 35.3. The highest BCUT2D eigenvalue weighted by Crippen LogP contribution is 2.61. The van der Waals surface area contributed by atoms with E-state index in [2.05, 4.69) is 9.97 Å². The molecule has 1 saturated heterocycles. The summed E-state index contributed by atoms with van der Waals surface area (Å²) in [6, 6.07) is -2.17. The lowest BCUT2D eigenvalue weighted by Crippen LogP contribution is -2.50. The number of hydroxylamine groups is 1. The van der Waals surface area contributed by atoms with E-state index in [1.54, 1.807) is 6.92 Å². The lowest BCUT2D eigenvalue weighted by atomic mass is 9.86. The van der Waals surface area contributed by atoms with E-state index in [9.17, 15) is 27.9 Å². The second kappa shape index (κ2) is 7.91. The van der Waals surface area contributed by atoms with Gasteiger partial charge in [0, 0.05) is 11.5 Å². The molecule has 1 aliphatic heterocycles. The number of likely N-dealkylation sites (tertiary alicyclic amines) is 1. The van der Waals surface area contributed by atoms with Gasteiger partial charge in [0.2, 0.25) is 10.0 Å². The Morgan fingerprint density at radius 3 is 2.65 bits per heavy atom. The van der Waals surface area contributed by atoms with Gasteiger partial charge in [0.05, 0.1) is 43.4 Å². The van der Waals surface area contributed by atoms with Crippen molar-refractivity contribution in [3.05, 3.63) is 24.0 Å². The molecule has 2 aliphatic carbocycles. The average molecular weight is 459 g/mol. The second-order valence-corrected chi connectivity index (χ2v) is 10.8. The van der Waals surface area contributed by atoms with Crippen LogP contribution in [0.2, 0.25) is 0 Å². The lowest BCUT2D eigenvalue weighted by molar-refractivity contribution is -0.0681. The van der Waals surface area contributed by atoms with Crippen molar-refractivity contribution in [2.75, 3.05) is 12.9 Å². The first kappa shape index (κ1) is 22.3. The van der Waals surface area contributed by atoms with E-state index in [4.69, 9.17) is 4.74 Å². The van der Waals surface area contributed by atoms with Crippen molar-refractivity contribution in [3.63, 3.8) is 0 Å². The predicted octanol–water partition coefficient (Wildman–Crippen LogP) is 1.60. The van der Waals surface area contributed by atoms with Gasteiger partial charge in [-0.05, 0) is 44.9 Å². The van der Waals surface area contributed by atoms with Gasteiger partial charge in [-0.3, -0.25) is 10.1 Å². The Balaban J connectivity index is 1.41. The first-order valence-electron chi connectivity index (χ1n) is 10.3. The Hall–Kier alpha value is -1.89. The number of halogens is 1. The minimum absolute atomic E-state index is 0.00861. The van der Waals surface area contributed by atoms with Crippen LogP contribution in [0.25, 0.3) is 0 Å². The molecule has 6 atom stereocenters. The Kier molecular flexibility index (Phi) is 5.69. The Morgan fingerprint density at radius 1 is 1.39 bits per heavy atom. The smallest absolute Gasteiger partial charge is 0.407 e. The van der Waals surface area contributed by atoms with Crippen LogP contribution in [-0.4, -0.2) is 81.3 Å². The summed E-state index contributed by atoms with van der Waals surface area (Å²) in [5.41, 5.74) is -0.136. The number of hydrogen-bond acceptors (Lipinski definition) is 7. The topological polar surface area (TPSA) is 133 Å². The van der Waals surface area contributed by atoms with Gasteiger partial charge in [0.15, 0.2) is 5.82 Å². The van der Waals surface area contributed by atoms with Crippen LogP contribution >= 0.6 is 0 Å². The summed E-state index contributed by atoms with van der Waals surface area (Å²) in [4.78, 5) is 21.2. The molecule has 172 valence electrons. The van der Waals surface area contributed by atoms with Gasteiger partial charge in [0.25, 0.3) is 0 Å². The fourth-order valence-corrected chi connectivity index (χ4v) is 6.05. The third kappa shape index (κ3) is 4.13. The van der Waals surface area contributed by atoms with Crippen LogP contribution in [0.3, 0.4) is 0 Å². The molecule has 4 rings (SSSR count). The minimum Gasteiger partial charge on any atom is -0.465 e. The van der Waals surface area contributed by atoms with Gasteiger partial charge < -0.3 is 9.84 Å². The van der Waals surface area contributed by atoms with Gasteiger partial charge in [-0.25, -0.2) is 27.6 Å². The SMILES string of the molecule is C[C@@H]1C[C@H](N(O)S(C)(=O)=O)[C@H](CO[C@H]2CC[C@@]3(c4ncc(F)cn4)C[C@H]3C2)N1C(=O)O. The van der Waals surface area contributed by atoms with Gasteiger partial charge in [-0.2, -0.15) is 0 Å². The molecule has 0 radical (unpaired) electrons. The van der Waals surface area contributed by atoms with Gasteiger partial charge in [-0.15, -0.1) is 0 Å². The predicted molar refractivity (Wildman–Crippen MR) is 105 cm³/mol. The molecule has 1 aromatic heterocycles. The Labute approximate surface area is 180 Å². The first-order chi connectivity index (χ1) is 14.5. The highest BCUT2D eigenvalue weighted by Gasteiger charge is 2.60. The lowest BCUT2D eigenvalue weighted by Gasteiger charge is -2.33. The molecule has 0 unspecified atom stereocenters. The van der Waals surface area contributed by atoms with Crippen LogP contribution in [0.15, 0.2) is 12.4 Å². The van der Waals surface area contributed by atoms with Crippen LogP contribution in [0.4, 0.5) is 9.18 Å². The molecule has 12 heteroatoms. The second-order valence-electron chi connectivity index (χ2n) is 8.96. The molecule has 2 N–H and O–H groups in total. The summed E-state index contributed by atoms with van der Waals surface area (Å²) >= 11 is 0. The van der Waals surface area contributed by atoms with Gasteiger partial charge >= 0.3 is 6.09 Å². The number of carboxylic acid groups (broad SMARTS) is 1. The van der Waals surface area contributed by atoms with E-state index < -0.39 is 40.1 Å². The summed E-state index contributed by atoms with van der Waals surface area (Å²) in [7, 11) is -3.91. The number of nitrogens with zero attached hydrogens (tertiary/aromatic N) is 4.